The van der Waals surface area contributed by atoms with Crippen molar-refractivity contribution in [3.05, 3.63) is 52.3 Å². The summed E-state index contributed by atoms with van der Waals surface area (Å²) in [6, 6.07) is 9.75. The highest BCUT2D eigenvalue weighted by molar-refractivity contribution is 9.10. The molecular weight excluding hydrogens is 344 g/mol. The normalized spacial score (nSPS) is 10.3. The Balaban J connectivity index is 1.80. The monoisotopic (exact) mass is 362 g/mol. The third-order valence-corrected chi connectivity index (χ3v) is 3.98. The van der Waals surface area contributed by atoms with Crippen LogP contribution in [0, 0.1) is 6.92 Å². The van der Waals surface area contributed by atoms with Gasteiger partial charge in [-0.2, -0.15) is 0 Å². The van der Waals surface area contributed by atoms with Gasteiger partial charge in [-0.3, -0.25) is 4.79 Å². The Bertz CT molecular complexity index is 648. The average Bonchev–Trinajstić information content (AvgIpc) is 2.49. The van der Waals surface area contributed by atoms with E-state index in [2.05, 4.69) is 31.2 Å². The number of carbonyl (C=O) groups is 1. The maximum absolute atomic E-state index is 12.1. The molecule has 0 aliphatic rings. The molecule has 0 radical (unpaired) electrons. The lowest BCUT2D eigenvalue weighted by Gasteiger charge is -2.18. The largest absolute Gasteiger partial charge is 0.354 e. The van der Waals surface area contributed by atoms with Gasteiger partial charge in [0.05, 0.1) is 0 Å². The van der Waals surface area contributed by atoms with Crippen LogP contribution in [0.3, 0.4) is 0 Å². The Morgan fingerprint density at radius 1 is 1.32 bits per heavy atom. The highest BCUT2D eigenvalue weighted by atomic mass is 79.9. The zero-order valence-electron chi connectivity index (χ0n) is 12.7. The molecule has 0 bridgehead atoms. The predicted octanol–water partition coefficient (Wildman–Crippen LogP) is 3.01. The van der Waals surface area contributed by atoms with Crippen LogP contribution in [-0.4, -0.2) is 34.4 Å². The molecule has 0 fully saturated rings. The van der Waals surface area contributed by atoms with E-state index in [1.165, 1.54) is 0 Å². The zero-order chi connectivity index (χ0) is 15.9. The first-order valence-corrected chi connectivity index (χ1v) is 7.86. The van der Waals surface area contributed by atoms with Gasteiger partial charge in [-0.15, -0.1) is 0 Å². The van der Waals surface area contributed by atoms with Crippen LogP contribution in [0.1, 0.15) is 17.7 Å². The minimum atomic E-state index is 0.0795. The van der Waals surface area contributed by atoms with Gasteiger partial charge in [0.2, 0.25) is 11.9 Å². The number of hydrogen-bond acceptors (Lipinski definition) is 4. The van der Waals surface area contributed by atoms with E-state index in [0.29, 0.717) is 25.5 Å². The van der Waals surface area contributed by atoms with Gasteiger partial charge < -0.3 is 10.2 Å². The molecule has 2 aromatic rings. The Morgan fingerprint density at radius 3 is 2.82 bits per heavy atom. The topological polar surface area (TPSA) is 58.1 Å². The van der Waals surface area contributed by atoms with E-state index in [4.69, 9.17) is 0 Å². The molecule has 0 atom stereocenters. The van der Waals surface area contributed by atoms with Gasteiger partial charge >= 0.3 is 0 Å². The van der Waals surface area contributed by atoms with Gasteiger partial charge in [0.15, 0.2) is 0 Å². The first-order valence-electron chi connectivity index (χ1n) is 7.07. The van der Waals surface area contributed by atoms with Gasteiger partial charge in [-0.1, -0.05) is 34.1 Å². The second-order valence-corrected chi connectivity index (χ2v) is 5.89. The van der Waals surface area contributed by atoms with Crippen LogP contribution >= 0.6 is 15.9 Å². The molecule has 1 aromatic carbocycles. The third-order valence-electron chi connectivity index (χ3n) is 3.21. The van der Waals surface area contributed by atoms with Gasteiger partial charge in [0.25, 0.3) is 0 Å². The number of rotatable bonds is 6. The Kier molecular flexibility index (Phi) is 5.89. The second kappa shape index (κ2) is 7.89. The zero-order valence-corrected chi connectivity index (χ0v) is 14.3. The fraction of sp³-hybridized carbons (Fsp3) is 0.312. The van der Waals surface area contributed by atoms with Crippen molar-refractivity contribution < 1.29 is 4.79 Å². The number of hydrogen-bond donors (Lipinski definition) is 1. The van der Waals surface area contributed by atoms with Crippen molar-refractivity contribution >= 4 is 27.8 Å². The van der Waals surface area contributed by atoms with Crippen LogP contribution in [0.4, 0.5) is 5.95 Å². The molecule has 0 aliphatic carbocycles. The molecule has 1 N–H and O–H groups in total. The molecule has 1 heterocycles. The van der Waals surface area contributed by atoms with Crippen LogP contribution < -0.4 is 5.32 Å². The van der Waals surface area contributed by atoms with Gasteiger partial charge in [0, 0.05) is 42.9 Å². The van der Waals surface area contributed by atoms with E-state index < -0.39 is 0 Å². The van der Waals surface area contributed by atoms with Crippen LogP contribution in [0.15, 0.2) is 41.0 Å². The van der Waals surface area contributed by atoms with Crippen molar-refractivity contribution in [3.63, 3.8) is 0 Å². The number of amides is 1. The van der Waals surface area contributed by atoms with E-state index in [-0.39, 0.29) is 5.91 Å². The number of carbonyl (C=O) groups excluding carboxylic acids is 1. The van der Waals surface area contributed by atoms with Crippen molar-refractivity contribution in [2.45, 2.75) is 19.9 Å². The lowest BCUT2D eigenvalue weighted by molar-refractivity contribution is -0.130. The second-order valence-electron chi connectivity index (χ2n) is 5.04. The molecule has 116 valence electrons. The quantitative estimate of drug-likeness (QED) is 0.857. The highest BCUT2D eigenvalue weighted by Gasteiger charge is 2.10. The number of nitrogens with zero attached hydrogens (tertiary/aromatic N) is 3. The van der Waals surface area contributed by atoms with Crippen LogP contribution in [-0.2, 0) is 11.3 Å². The Morgan fingerprint density at radius 2 is 2.09 bits per heavy atom. The molecule has 0 saturated heterocycles. The summed E-state index contributed by atoms with van der Waals surface area (Å²) in [6.07, 6.45) is 2.10. The van der Waals surface area contributed by atoms with Crippen molar-refractivity contribution in [2.24, 2.45) is 0 Å². The van der Waals surface area contributed by atoms with Crippen molar-refractivity contribution in [3.8, 4) is 0 Å². The smallest absolute Gasteiger partial charge is 0.224 e. The molecule has 0 saturated carbocycles. The summed E-state index contributed by atoms with van der Waals surface area (Å²) in [4.78, 5) is 22.2. The summed E-state index contributed by atoms with van der Waals surface area (Å²) in [5, 5.41) is 3.07. The molecule has 0 unspecified atom stereocenters. The summed E-state index contributed by atoms with van der Waals surface area (Å²) in [6.45, 7) is 3.01. The maximum atomic E-state index is 12.1. The van der Waals surface area contributed by atoms with Gasteiger partial charge in [0.1, 0.15) is 0 Å². The van der Waals surface area contributed by atoms with E-state index in [9.17, 15) is 4.79 Å². The van der Waals surface area contributed by atoms with Crippen molar-refractivity contribution in [1.82, 2.24) is 14.9 Å². The van der Waals surface area contributed by atoms with E-state index in [1.807, 2.05) is 44.3 Å². The number of aromatic nitrogens is 2. The molecule has 22 heavy (non-hydrogen) atoms. The molecule has 1 aromatic heterocycles. The standard InChI is InChI=1S/C16H19BrN4O/c1-12-7-9-18-16(20-12)19-10-8-15(22)21(2)11-13-5-3-4-6-14(13)17/h3-7,9H,8,10-11H2,1-2H3,(H,18,19,20). The third kappa shape index (κ3) is 4.80. The maximum Gasteiger partial charge on any atom is 0.224 e. The highest BCUT2D eigenvalue weighted by Crippen LogP contribution is 2.17. The van der Waals surface area contributed by atoms with E-state index in [1.54, 1.807) is 11.1 Å². The summed E-state index contributed by atoms with van der Waals surface area (Å²) in [5.74, 6) is 0.636. The molecule has 5 nitrogen and oxygen atoms in total. The summed E-state index contributed by atoms with van der Waals surface area (Å²) >= 11 is 3.50. The molecule has 6 heteroatoms. The average molecular weight is 363 g/mol. The number of anilines is 1. The van der Waals surface area contributed by atoms with Gasteiger partial charge in [-0.25, -0.2) is 9.97 Å². The number of aryl methyl sites for hydroxylation is 1. The Labute approximate surface area is 138 Å². The lowest BCUT2D eigenvalue weighted by atomic mass is 10.2. The van der Waals surface area contributed by atoms with Crippen LogP contribution in [0.5, 0.6) is 0 Å². The fourth-order valence-corrected chi connectivity index (χ4v) is 2.39. The summed E-state index contributed by atoms with van der Waals surface area (Å²) < 4.78 is 1.01. The van der Waals surface area contributed by atoms with Gasteiger partial charge in [-0.05, 0) is 24.6 Å². The lowest BCUT2D eigenvalue weighted by Crippen LogP contribution is -2.28. The minimum absolute atomic E-state index is 0.0795. The summed E-state index contributed by atoms with van der Waals surface area (Å²) in [7, 11) is 1.81. The summed E-state index contributed by atoms with van der Waals surface area (Å²) in [5.41, 5.74) is 1.99. The van der Waals surface area contributed by atoms with Crippen LogP contribution in [0.2, 0.25) is 0 Å². The number of halogens is 1. The van der Waals surface area contributed by atoms with E-state index >= 15 is 0 Å². The number of benzene rings is 1. The first kappa shape index (κ1) is 16.4. The van der Waals surface area contributed by atoms with Crippen LogP contribution in [0.25, 0.3) is 0 Å². The molecule has 1 amide bonds. The SMILES string of the molecule is Cc1ccnc(NCCC(=O)N(C)Cc2ccccc2Br)n1. The number of nitrogens with one attached hydrogen (secondary N) is 1. The fourth-order valence-electron chi connectivity index (χ4n) is 1.98. The first-order chi connectivity index (χ1) is 10.6. The van der Waals surface area contributed by atoms with Crippen molar-refractivity contribution in [1.29, 1.82) is 0 Å². The molecular formula is C16H19BrN4O. The Hall–Kier alpha value is -1.95. The minimum Gasteiger partial charge on any atom is -0.354 e. The molecule has 0 spiro atoms. The molecule has 0 aliphatic heterocycles. The molecule has 2 rings (SSSR count). The van der Waals surface area contributed by atoms with Crippen molar-refractivity contribution in [2.75, 3.05) is 18.9 Å². The predicted molar refractivity (Wildman–Crippen MR) is 90.5 cm³/mol. The van der Waals surface area contributed by atoms with E-state index in [0.717, 1.165) is 15.7 Å².